The minimum Gasteiger partial charge on any atom is -0.399 e. The van der Waals surface area contributed by atoms with Crippen molar-refractivity contribution < 1.29 is 4.39 Å². The van der Waals surface area contributed by atoms with Gasteiger partial charge in [-0.2, -0.15) is 0 Å². The van der Waals surface area contributed by atoms with Gasteiger partial charge in [-0.05, 0) is 51.8 Å². The molecule has 0 fully saturated rings. The van der Waals surface area contributed by atoms with E-state index in [4.69, 9.17) is 5.73 Å². The van der Waals surface area contributed by atoms with Crippen molar-refractivity contribution in [2.75, 3.05) is 5.73 Å². The second kappa shape index (κ2) is 5.51. The smallest absolute Gasteiger partial charge is 0.125 e. The molecule has 0 atom stereocenters. The average Bonchev–Trinajstić information content (AvgIpc) is 2.27. The van der Waals surface area contributed by atoms with E-state index in [-0.39, 0.29) is 5.82 Å². The number of hydrogen-bond acceptors (Lipinski definition) is 3. The molecule has 0 radical (unpaired) electrons. The topological polar surface area (TPSA) is 38.9 Å². The first-order valence-corrected chi connectivity index (χ1v) is 6.71. The Hall–Kier alpha value is -1.07. The van der Waals surface area contributed by atoms with Crippen LogP contribution in [-0.4, -0.2) is 4.98 Å². The summed E-state index contributed by atoms with van der Waals surface area (Å²) in [6.07, 6.45) is 1.73. The lowest BCUT2D eigenvalue weighted by Crippen LogP contribution is -1.91. The molecule has 0 unspecified atom stereocenters. The van der Waals surface area contributed by atoms with Crippen molar-refractivity contribution in [1.29, 1.82) is 0 Å². The first kappa shape index (κ1) is 12.4. The molecule has 88 valence electrons. The Morgan fingerprint density at radius 1 is 1.35 bits per heavy atom. The Kier molecular flexibility index (Phi) is 4.02. The van der Waals surface area contributed by atoms with Crippen molar-refractivity contribution in [3.63, 3.8) is 0 Å². The van der Waals surface area contributed by atoms with Gasteiger partial charge in [-0.15, -0.1) is 11.8 Å². The van der Waals surface area contributed by atoms with E-state index in [1.54, 1.807) is 12.3 Å². The quantitative estimate of drug-likeness (QED) is 0.691. The van der Waals surface area contributed by atoms with Gasteiger partial charge in [0.25, 0.3) is 0 Å². The molecule has 2 aromatic rings. The zero-order chi connectivity index (χ0) is 12.3. The van der Waals surface area contributed by atoms with Crippen LogP contribution in [0.15, 0.2) is 46.0 Å². The van der Waals surface area contributed by atoms with E-state index in [1.807, 2.05) is 12.1 Å². The lowest BCUT2D eigenvalue weighted by Gasteiger charge is -2.04. The summed E-state index contributed by atoms with van der Waals surface area (Å²) in [5.41, 5.74) is 6.88. The van der Waals surface area contributed by atoms with E-state index < -0.39 is 0 Å². The molecular formula is C12H10BrFN2S. The number of nitrogens with two attached hydrogens (primary N) is 1. The first-order valence-electron chi connectivity index (χ1n) is 4.93. The molecular weight excluding hydrogens is 303 g/mol. The number of pyridine rings is 1. The largest absolute Gasteiger partial charge is 0.399 e. The van der Waals surface area contributed by atoms with Crippen molar-refractivity contribution >= 4 is 33.4 Å². The first-order chi connectivity index (χ1) is 8.15. The Bertz CT molecular complexity index is 513. The Balaban J connectivity index is 2.10. The highest BCUT2D eigenvalue weighted by Gasteiger charge is 2.03. The summed E-state index contributed by atoms with van der Waals surface area (Å²) in [6, 6.07) is 8.35. The minimum absolute atomic E-state index is 0.305. The summed E-state index contributed by atoms with van der Waals surface area (Å²) in [7, 11) is 0. The molecule has 5 heteroatoms. The standard InChI is InChI=1S/C12H10BrFN2S/c13-11-2-1-3-16-12(11)17-7-8-4-9(14)6-10(15)5-8/h1-6H,7,15H2. The zero-order valence-electron chi connectivity index (χ0n) is 8.86. The number of hydrogen-bond donors (Lipinski definition) is 1. The summed E-state index contributed by atoms with van der Waals surface area (Å²) in [5.74, 6) is 0.332. The van der Waals surface area contributed by atoms with Crippen LogP contribution in [0.4, 0.5) is 10.1 Å². The number of thioether (sulfide) groups is 1. The summed E-state index contributed by atoms with van der Waals surface area (Å²) in [6.45, 7) is 0. The fourth-order valence-corrected chi connectivity index (χ4v) is 2.80. The number of halogens is 2. The third kappa shape index (κ3) is 3.44. The number of anilines is 1. The fraction of sp³-hybridized carbons (Fsp3) is 0.0833. The van der Waals surface area contributed by atoms with Crippen molar-refractivity contribution in [2.45, 2.75) is 10.8 Å². The van der Waals surface area contributed by atoms with E-state index in [9.17, 15) is 4.39 Å². The molecule has 0 saturated heterocycles. The molecule has 0 saturated carbocycles. The third-order valence-electron chi connectivity index (χ3n) is 2.08. The van der Waals surface area contributed by atoms with E-state index in [0.29, 0.717) is 11.4 Å². The van der Waals surface area contributed by atoms with Crippen molar-refractivity contribution in [3.05, 3.63) is 52.4 Å². The van der Waals surface area contributed by atoms with Crippen LogP contribution in [0.3, 0.4) is 0 Å². The SMILES string of the molecule is Nc1cc(F)cc(CSc2ncccc2Br)c1. The predicted molar refractivity (Wildman–Crippen MR) is 72.3 cm³/mol. The summed E-state index contributed by atoms with van der Waals surface area (Å²) in [5, 5.41) is 0.885. The molecule has 0 aliphatic heterocycles. The van der Waals surface area contributed by atoms with Crippen LogP contribution in [0.1, 0.15) is 5.56 Å². The van der Waals surface area contributed by atoms with Crippen LogP contribution in [0, 0.1) is 5.82 Å². The lowest BCUT2D eigenvalue weighted by atomic mass is 10.2. The number of aromatic nitrogens is 1. The Morgan fingerprint density at radius 2 is 2.18 bits per heavy atom. The van der Waals surface area contributed by atoms with Crippen molar-refractivity contribution in [2.24, 2.45) is 0 Å². The summed E-state index contributed by atoms with van der Waals surface area (Å²) < 4.78 is 14.1. The summed E-state index contributed by atoms with van der Waals surface area (Å²) >= 11 is 4.95. The number of rotatable bonds is 3. The molecule has 2 nitrogen and oxygen atoms in total. The van der Waals surface area contributed by atoms with Gasteiger partial charge in [0.2, 0.25) is 0 Å². The summed E-state index contributed by atoms with van der Waals surface area (Å²) in [4.78, 5) is 4.23. The van der Waals surface area contributed by atoms with Crippen LogP contribution in [0.5, 0.6) is 0 Å². The molecule has 17 heavy (non-hydrogen) atoms. The maximum Gasteiger partial charge on any atom is 0.125 e. The molecule has 0 aliphatic rings. The molecule has 0 spiro atoms. The zero-order valence-corrected chi connectivity index (χ0v) is 11.3. The maximum atomic E-state index is 13.1. The molecule has 0 bridgehead atoms. The van der Waals surface area contributed by atoms with Gasteiger partial charge < -0.3 is 5.73 Å². The number of benzene rings is 1. The van der Waals surface area contributed by atoms with Crippen LogP contribution in [0.2, 0.25) is 0 Å². The Labute approximate surface area is 112 Å². The average molecular weight is 313 g/mol. The van der Waals surface area contributed by atoms with Gasteiger partial charge in [-0.3, -0.25) is 0 Å². The van der Waals surface area contributed by atoms with Crippen LogP contribution in [0.25, 0.3) is 0 Å². The van der Waals surface area contributed by atoms with Gasteiger partial charge in [0.1, 0.15) is 10.8 Å². The minimum atomic E-state index is -0.305. The van der Waals surface area contributed by atoms with Gasteiger partial charge >= 0.3 is 0 Å². The molecule has 2 N–H and O–H groups in total. The molecule has 0 aliphatic carbocycles. The number of nitrogens with zero attached hydrogens (tertiary/aromatic N) is 1. The molecule has 1 aromatic carbocycles. The highest BCUT2D eigenvalue weighted by Crippen LogP contribution is 2.28. The van der Waals surface area contributed by atoms with Crippen LogP contribution >= 0.6 is 27.7 Å². The van der Waals surface area contributed by atoms with E-state index in [1.165, 1.54) is 23.9 Å². The van der Waals surface area contributed by atoms with Gasteiger partial charge in [-0.1, -0.05) is 0 Å². The lowest BCUT2D eigenvalue weighted by molar-refractivity contribution is 0.627. The molecule has 0 amide bonds. The maximum absolute atomic E-state index is 13.1. The Morgan fingerprint density at radius 3 is 2.88 bits per heavy atom. The van der Waals surface area contributed by atoms with Crippen LogP contribution < -0.4 is 5.73 Å². The molecule has 1 aromatic heterocycles. The monoisotopic (exact) mass is 312 g/mol. The highest BCUT2D eigenvalue weighted by atomic mass is 79.9. The second-order valence-electron chi connectivity index (χ2n) is 3.47. The van der Waals surface area contributed by atoms with E-state index in [0.717, 1.165) is 15.1 Å². The van der Waals surface area contributed by atoms with E-state index in [2.05, 4.69) is 20.9 Å². The molecule has 1 heterocycles. The van der Waals surface area contributed by atoms with Gasteiger partial charge in [0.05, 0.1) is 0 Å². The van der Waals surface area contributed by atoms with Gasteiger partial charge in [-0.25, -0.2) is 9.37 Å². The second-order valence-corrected chi connectivity index (χ2v) is 5.29. The van der Waals surface area contributed by atoms with E-state index >= 15 is 0 Å². The number of nitrogen functional groups attached to an aromatic ring is 1. The van der Waals surface area contributed by atoms with Gasteiger partial charge in [0.15, 0.2) is 0 Å². The highest BCUT2D eigenvalue weighted by molar-refractivity contribution is 9.10. The predicted octanol–water partition coefficient (Wildman–Crippen LogP) is 3.86. The van der Waals surface area contributed by atoms with Gasteiger partial charge in [0, 0.05) is 22.1 Å². The van der Waals surface area contributed by atoms with Crippen LogP contribution in [-0.2, 0) is 5.75 Å². The molecule has 2 rings (SSSR count). The van der Waals surface area contributed by atoms with Crippen molar-refractivity contribution in [3.8, 4) is 0 Å². The van der Waals surface area contributed by atoms with Crippen molar-refractivity contribution in [1.82, 2.24) is 4.98 Å². The third-order valence-corrected chi connectivity index (χ3v) is 4.06. The fourth-order valence-electron chi connectivity index (χ4n) is 1.39. The normalized spacial score (nSPS) is 10.5.